The normalized spacial score (nSPS) is 12.5. The summed E-state index contributed by atoms with van der Waals surface area (Å²) in [5, 5.41) is 2.87. The van der Waals surface area contributed by atoms with Crippen molar-refractivity contribution in [2.24, 2.45) is 20.0 Å². The molecule has 0 saturated heterocycles. The number of imidazole rings is 1. The Balaban J connectivity index is 1.78. The number of fused-ring (bicyclic) bond motifs is 1. The molecule has 0 bridgehead atoms. The van der Waals surface area contributed by atoms with Crippen LogP contribution in [0.4, 0.5) is 0 Å². The zero-order valence-corrected chi connectivity index (χ0v) is 17.5. The number of benzene rings is 1. The minimum Gasteiger partial charge on any atom is -0.348 e. The zero-order chi connectivity index (χ0) is 21.3. The lowest BCUT2D eigenvalue weighted by Crippen LogP contribution is -2.43. The van der Waals surface area contributed by atoms with E-state index in [1.165, 1.54) is 23.5 Å². The highest BCUT2D eigenvalue weighted by molar-refractivity contribution is 5.77. The van der Waals surface area contributed by atoms with Crippen molar-refractivity contribution in [3.05, 3.63) is 62.6 Å². The Bertz CT molecular complexity index is 1150. The Morgan fingerprint density at radius 2 is 1.76 bits per heavy atom. The van der Waals surface area contributed by atoms with E-state index in [0.29, 0.717) is 11.6 Å². The molecule has 8 heteroatoms. The summed E-state index contributed by atoms with van der Waals surface area (Å²) in [4.78, 5) is 41.9. The molecule has 8 nitrogen and oxygen atoms in total. The first-order valence-corrected chi connectivity index (χ1v) is 9.68. The van der Waals surface area contributed by atoms with Crippen LogP contribution < -0.4 is 16.6 Å². The molecule has 0 saturated carbocycles. The van der Waals surface area contributed by atoms with Gasteiger partial charge in [0.2, 0.25) is 5.91 Å². The van der Waals surface area contributed by atoms with Gasteiger partial charge in [0.1, 0.15) is 6.54 Å². The molecule has 0 aliphatic carbocycles. The smallest absolute Gasteiger partial charge is 0.332 e. The minimum absolute atomic E-state index is 0.240. The molecule has 2 aromatic heterocycles. The number of amides is 1. The molecule has 0 aliphatic rings. The van der Waals surface area contributed by atoms with Crippen LogP contribution in [0.15, 0.2) is 40.2 Å². The quantitative estimate of drug-likeness (QED) is 0.683. The van der Waals surface area contributed by atoms with Crippen molar-refractivity contribution >= 4 is 17.1 Å². The van der Waals surface area contributed by atoms with Gasteiger partial charge in [0, 0.05) is 14.1 Å². The van der Waals surface area contributed by atoms with Crippen molar-refractivity contribution < 1.29 is 4.79 Å². The second-order valence-electron chi connectivity index (χ2n) is 7.89. The second kappa shape index (κ2) is 8.06. The Morgan fingerprint density at radius 1 is 1.10 bits per heavy atom. The van der Waals surface area contributed by atoms with Gasteiger partial charge in [0.15, 0.2) is 11.2 Å². The number of rotatable bonds is 6. The van der Waals surface area contributed by atoms with E-state index in [1.54, 1.807) is 11.6 Å². The van der Waals surface area contributed by atoms with Crippen LogP contribution in [0.3, 0.4) is 0 Å². The first-order chi connectivity index (χ1) is 13.7. The molecule has 3 aromatic rings. The number of nitrogens with zero attached hydrogens (tertiary/aromatic N) is 4. The van der Waals surface area contributed by atoms with Crippen LogP contribution in [0.25, 0.3) is 11.2 Å². The van der Waals surface area contributed by atoms with E-state index in [4.69, 9.17) is 0 Å². The lowest BCUT2D eigenvalue weighted by atomic mass is 10.00. The van der Waals surface area contributed by atoms with Gasteiger partial charge in [-0.15, -0.1) is 0 Å². The summed E-state index contributed by atoms with van der Waals surface area (Å²) in [6.07, 6.45) is 2.48. The van der Waals surface area contributed by atoms with Crippen molar-refractivity contribution in [3.63, 3.8) is 0 Å². The van der Waals surface area contributed by atoms with Crippen molar-refractivity contribution in [1.29, 1.82) is 0 Å². The lowest BCUT2D eigenvalue weighted by molar-refractivity contribution is -0.122. The SMILES string of the molecule is CC(C)Cc1ccc(C(C)NC(=O)Cn2c(=O)c3c(ncn3C)n(C)c2=O)cc1. The van der Waals surface area contributed by atoms with E-state index < -0.39 is 17.2 Å². The predicted molar refractivity (Wildman–Crippen MR) is 112 cm³/mol. The molecule has 0 spiro atoms. The maximum Gasteiger partial charge on any atom is 0.332 e. The van der Waals surface area contributed by atoms with Crippen molar-refractivity contribution in [3.8, 4) is 0 Å². The molecule has 1 aromatic carbocycles. The Kier molecular flexibility index (Phi) is 5.72. The molecule has 0 radical (unpaired) electrons. The minimum atomic E-state index is -0.568. The Morgan fingerprint density at radius 3 is 2.38 bits per heavy atom. The van der Waals surface area contributed by atoms with E-state index in [9.17, 15) is 14.4 Å². The van der Waals surface area contributed by atoms with Crippen LogP contribution >= 0.6 is 0 Å². The van der Waals surface area contributed by atoms with Crippen LogP contribution in [0.5, 0.6) is 0 Å². The number of aromatic nitrogens is 4. The fourth-order valence-corrected chi connectivity index (χ4v) is 3.46. The van der Waals surface area contributed by atoms with Gasteiger partial charge in [0.25, 0.3) is 5.56 Å². The molecule has 1 atom stereocenters. The molecule has 1 unspecified atom stereocenters. The maximum absolute atomic E-state index is 12.7. The number of nitrogens with one attached hydrogen (secondary N) is 1. The highest BCUT2D eigenvalue weighted by Gasteiger charge is 2.18. The highest BCUT2D eigenvalue weighted by atomic mass is 16.2. The number of aryl methyl sites for hydroxylation is 2. The number of carbonyl (C=O) groups is 1. The van der Waals surface area contributed by atoms with Gasteiger partial charge in [-0.1, -0.05) is 38.1 Å². The highest BCUT2D eigenvalue weighted by Crippen LogP contribution is 2.15. The largest absolute Gasteiger partial charge is 0.348 e. The molecular formula is C21H27N5O3. The molecule has 1 amide bonds. The van der Waals surface area contributed by atoms with E-state index in [2.05, 4.69) is 36.3 Å². The lowest BCUT2D eigenvalue weighted by Gasteiger charge is -2.16. The van der Waals surface area contributed by atoms with Crippen LogP contribution in [-0.2, 0) is 31.9 Å². The molecule has 29 heavy (non-hydrogen) atoms. The summed E-state index contributed by atoms with van der Waals surface area (Å²) < 4.78 is 3.77. The third kappa shape index (κ3) is 4.16. The monoisotopic (exact) mass is 397 g/mol. The van der Waals surface area contributed by atoms with Gasteiger partial charge in [-0.2, -0.15) is 0 Å². The molecule has 0 aliphatic heterocycles. The topological polar surface area (TPSA) is 90.9 Å². The van der Waals surface area contributed by atoms with E-state index >= 15 is 0 Å². The fourth-order valence-electron chi connectivity index (χ4n) is 3.46. The summed E-state index contributed by atoms with van der Waals surface area (Å²) in [6, 6.07) is 7.88. The molecule has 0 fully saturated rings. The average Bonchev–Trinajstić information content (AvgIpc) is 3.05. The van der Waals surface area contributed by atoms with Crippen molar-refractivity contribution in [1.82, 2.24) is 24.0 Å². The van der Waals surface area contributed by atoms with Crippen LogP contribution in [-0.4, -0.2) is 24.6 Å². The number of hydrogen-bond donors (Lipinski definition) is 1. The van der Waals surface area contributed by atoms with Crippen molar-refractivity contribution in [2.45, 2.75) is 39.8 Å². The first kappa shape index (κ1) is 20.6. The Labute approximate surface area is 168 Å². The number of carbonyl (C=O) groups excluding carboxylic acids is 1. The summed E-state index contributed by atoms with van der Waals surface area (Å²) >= 11 is 0. The standard InChI is InChI=1S/C21H27N5O3/c1-13(2)10-15-6-8-16(9-7-15)14(3)23-17(27)11-26-20(28)18-19(22-12-24(18)4)25(5)21(26)29/h6-9,12-14H,10-11H2,1-5H3,(H,23,27). The molecule has 3 rings (SSSR count). The van der Waals surface area contributed by atoms with Gasteiger partial charge in [-0.05, 0) is 30.4 Å². The molecular weight excluding hydrogens is 370 g/mol. The third-order valence-electron chi connectivity index (χ3n) is 5.00. The van der Waals surface area contributed by atoms with Gasteiger partial charge >= 0.3 is 5.69 Å². The third-order valence-corrected chi connectivity index (χ3v) is 5.00. The number of hydrogen-bond acceptors (Lipinski definition) is 4. The van der Waals surface area contributed by atoms with Crippen LogP contribution in [0.2, 0.25) is 0 Å². The van der Waals surface area contributed by atoms with Crippen molar-refractivity contribution in [2.75, 3.05) is 0 Å². The average molecular weight is 397 g/mol. The van der Waals surface area contributed by atoms with E-state index in [0.717, 1.165) is 16.6 Å². The second-order valence-corrected chi connectivity index (χ2v) is 7.89. The predicted octanol–water partition coefficient (Wildman–Crippen LogP) is 1.51. The maximum atomic E-state index is 12.7. The van der Waals surface area contributed by atoms with E-state index in [-0.39, 0.29) is 18.1 Å². The molecule has 2 heterocycles. The Hall–Kier alpha value is -3.16. The summed E-state index contributed by atoms with van der Waals surface area (Å²) in [7, 11) is 3.21. The van der Waals surface area contributed by atoms with Crippen LogP contribution in [0.1, 0.15) is 37.9 Å². The fraction of sp³-hybridized carbons (Fsp3) is 0.429. The van der Waals surface area contributed by atoms with Gasteiger partial charge in [-0.3, -0.25) is 14.2 Å². The van der Waals surface area contributed by atoms with Gasteiger partial charge < -0.3 is 9.88 Å². The van der Waals surface area contributed by atoms with Gasteiger partial charge in [0.05, 0.1) is 12.4 Å². The summed E-state index contributed by atoms with van der Waals surface area (Å²) in [6.45, 7) is 5.88. The molecule has 1 N–H and O–H groups in total. The van der Waals surface area contributed by atoms with Gasteiger partial charge in [-0.25, -0.2) is 14.3 Å². The first-order valence-electron chi connectivity index (χ1n) is 9.68. The van der Waals surface area contributed by atoms with Crippen LogP contribution in [0, 0.1) is 5.92 Å². The zero-order valence-electron chi connectivity index (χ0n) is 17.5. The van der Waals surface area contributed by atoms with E-state index in [1.807, 2.05) is 19.1 Å². The summed E-state index contributed by atoms with van der Waals surface area (Å²) in [5.74, 6) is 0.181. The summed E-state index contributed by atoms with van der Waals surface area (Å²) in [5.41, 5.74) is 1.71. The molecule has 154 valence electrons.